The summed E-state index contributed by atoms with van der Waals surface area (Å²) in [5.41, 5.74) is 0. The number of aliphatic hydroxyl groups excluding tert-OH is 1. The fourth-order valence-corrected chi connectivity index (χ4v) is 2.92. The summed E-state index contributed by atoms with van der Waals surface area (Å²) in [6, 6.07) is 0.491. The van der Waals surface area contributed by atoms with Crippen LogP contribution >= 0.6 is 24.8 Å². The Balaban J connectivity index is 0.00000180. The highest BCUT2D eigenvalue weighted by atomic mass is 35.5. The van der Waals surface area contributed by atoms with Crippen LogP contribution in [0.1, 0.15) is 32.1 Å². The average Bonchev–Trinajstić information content (AvgIpc) is 2.99. The Morgan fingerprint density at radius 2 is 2.00 bits per heavy atom. The van der Waals surface area contributed by atoms with Gasteiger partial charge in [0.2, 0.25) is 5.91 Å². The number of halogens is 2. The van der Waals surface area contributed by atoms with Crippen molar-refractivity contribution in [1.29, 1.82) is 0 Å². The van der Waals surface area contributed by atoms with Crippen LogP contribution < -0.4 is 10.6 Å². The Morgan fingerprint density at radius 3 is 2.55 bits per heavy atom. The lowest BCUT2D eigenvalue weighted by atomic mass is 10.2. The van der Waals surface area contributed by atoms with Gasteiger partial charge in [-0.25, -0.2) is 0 Å². The molecule has 1 saturated carbocycles. The number of rotatable bonds is 5. The average molecular weight is 328 g/mol. The minimum Gasteiger partial charge on any atom is -0.392 e. The lowest BCUT2D eigenvalue weighted by molar-refractivity contribution is -0.123. The number of carbonyl (C=O) groups is 1. The van der Waals surface area contributed by atoms with E-state index in [2.05, 4.69) is 22.6 Å². The zero-order chi connectivity index (χ0) is 13.0. The third-order valence-corrected chi connectivity index (χ3v) is 4.14. The maximum Gasteiger partial charge on any atom is 0.237 e. The third kappa shape index (κ3) is 5.74. The quantitative estimate of drug-likeness (QED) is 0.689. The molecule has 0 aromatic carbocycles. The number of likely N-dealkylation sites (N-methyl/N-ethyl adjacent to an activating group) is 1. The van der Waals surface area contributed by atoms with Crippen LogP contribution in [0.3, 0.4) is 0 Å². The van der Waals surface area contributed by atoms with Crippen molar-refractivity contribution in [1.82, 2.24) is 15.5 Å². The molecule has 20 heavy (non-hydrogen) atoms. The Bertz CT molecular complexity index is 289. The van der Waals surface area contributed by atoms with Crippen LogP contribution in [0.15, 0.2) is 0 Å². The highest BCUT2D eigenvalue weighted by molar-refractivity contribution is 5.85. The number of aliphatic hydroxyl groups is 1. The molecule has 2 fully saturated rings. The van der Waals surface area contributed by atoms with E-state index in [1.54, 1.807) is 0 Å². The smallest absolute Gasteiger partial charge is 0.237 e. The van der Waals surface area contributed by atoms with Gasteiger partial charge in [-0.15, -0.1) is 24.8 Å². The molecule has 0 bridgehead atoms. The van der Waals surface area contributed by atoms with E-state index in [1.165, 1.54) is 25.7 Å². The summed E-state index contributed by atoms with van der Waals surface area (Å²) in [4.78, 5) is 14.1. The Hall–Kier alpha value is -0.0700. The number of carbonyl (C=O) groups excluding carboxylic acids is 1. The van der Waals surface area contributed by atoms with Gasteiger partial charge in [0.05, 0.1) is 12.1 Å². The van der Waals surface area contributed by atoms with Crippen LogP contribution in [0.2, 0.25) is 0 Å². The zero-order valence-corrected chi connectivity index (χ0v) is 13.6. The summed E-state index contributed by atoms with van der Waals surface area (Å²) in [5.74, 6) is 0.0198. The molecule has 1 aliphatic heterocycles. The molecule has 2 rings (SSSR count). The monoisotopic (exact) mass is 327 g/mol. The first-order valence-corrected chi connectivity index (χ1v) is 7.06. The molecule has 2 aliphatic rings. The molecular formula is C13H27Cl2N3O2. The standard InChI is InChI=1S/C13H25N3O2.2ClH/c1-16(10-4-2-3-5-10)7-6-14-13(18)12-8-11(17)9-15-12;;/h10-12,15,17H,2-9H2,1H3,(H,14,18);2*1H. The minimum atomic E-state index is -0.373. The van der Waals surface area contributed by atoms with Crippen LogP contribution in [-0.2, 0) is 4.79 Å². The van der Waals surface area contributed by atoms with Gasteiger partial charge in [-0.2, -0.15) is 0 Å². The molecule has 0 aromatic rings. The van der Waals surface area contributed by atoms with Crippen LogP contribution in [0.25, 0.3) is 0 Å². The molecule has 0 aromatic heterocycles. The van der Waals surface area contributed by atoms with Crippen molar-refractivity contribution in [3.05, 3.63) is 0 Å². The van der Waals surface area contributed by atoms with E-state index in [1.807, 2.05) is 0 Å². The molecule has 1 amide bonds. The highest BCUT2D eigenvalue weighted by Crippen LogP contribution is 2.21. The number of nitrogens with one attached hydrogen (secondary N) is 2. The fraction of sp³-hybridized carbons (Fsp3) is 0.923. The van der Waals surface area contributed by atoms with Crippen molar-refractivity contribution in [2.75, 3.05) is 26.7 Å². The number of β-amino-alcohol motifs (C(OH)–C–C–N with tert-alkyl or cyclic N) is 1. The second-order valence-electron chi connectivity index (χ2n) is 5.56. The molecular weight excluding hydrogens is 301 g/mol. The van der Waals surface area contributed by atoms with Gasteiger partial charge in [-0.3, -0.25) is 4.79 Å². The summed E-state index contributed by atoms with van der Waals surface area (Å²) < 4.78 is 0. The van der Waals surface area contributed by atoms with E-state index in [0.29, 0.717) is 25.6 Å². The van der Waals surface area contributed by atoms with Crippen LogP contribution in [-0.4, -0.2) is 60.8 Å². The lowest BCUT2D eigenvalue weighted by Gasteiger charge is -2.24. The first kappa shape index (κ1) is 19.9. The van der Waals surface area contributed by atoms with Crippen molar-refractivity contribution in [3.63, 3.8) is 0 Å². The zero-order valence-electron chi connectivity index (χ0n) is 12.0. The largest absolute Gasteiger partial charge is 0.392 e. The summed E-state index contributed by atoms with van der Waals surface area (Å²) >= 11 is 0. The maximum atomic E-state index is 11.8. The number of hydrogen-bond acceptors (Lipinski definition) is 4. The summed E-state index contributed by atoms with van der Waals surface area (Å²) in [6.07, 6.45) is 5.42. The van der Waals surface area contributed by atoms with Gasteiger partial charge >= 0.3 is 0 Å². The Morgan fingerprint density at radius 1 is 1.35 bits per heavy atom. The van der Waals surface area contributed by atoms with Crippen molar-refractivity contribution < 1.29 is 9.90 Å². The van der Waals surface area contributed by atoms with E-state index in [9.17, 15) is 9.90 Å². The van der Waals surface area contributed by atoms with Gasteiger partial charge in [0.15, 0.2) is 0 Å². The number of hydrogen-bond donors (Lipinski definition) is 3. The second-order valence-corrected chi connectivity index (χ2v) is 5.56. The fourth-order valence-electron chi connectivity index (χ4n) is 2.92. The van der Waals surface area contributed by atoms with E-state index < -0.39 is 0 Å². The molecule has 3 N–H and O–H groups in total. The topological polar surface area (TPSA) is 64.6 Å². The summed E-state index contributed by atoms with van der Waals surface area (Å²) in [6.45, 7) is 2.13. The van der Waals surface area contributed by atoms with Crippen molar-refractivity contribution in [2.45, 2.75) is 50.3 Å². The molecule has 5 nitrogen and oxygen atoms in total. The van der Waals surface area contributed by atoms with Gasteiger partial charge in [-0.05, 0) is 26.3 Å². The first-order valence-electron chi connectivity index (χ1n) is 7.06. The van der Waals surface area contributed by atoms with Gasteiger partial charge in [0, 0.05) is 25.7 Å². The summed E-state index contributed by atoms with van der Waals surface area (Å²) in [7, 11) is 2.14. The van der Waals surface area contributed by atoms with Crippen LogP contribution in [0, 0.1) is 0 Å². The maximum absolute atomic E-state index is 11.8. The predicted molar refractivity (Wildman–Crippen MR) is 84.8 cm³/mol. The third-order valence-electron chi connectivity index (χ3n) is 4.14. The van der Waals surface area contributed by atoms with E-state index >= 15 is 0 Å². The Kier molecular flexibility index (Phi) is 9.76. The SMILES string of the molecule is CN(CCNC(=O)C1CC(O)CN1)C1CCCC1.Cl.Cl. The molecule has 1 aliphatic carbocycles. The molecule has 1 heterocycles. The number of amides is 1. The first-order chi connectivity index (χ1) is 8.66. The molecule has 7 heteroatoms. The van der Waals surface area contributed by atoms with Crippen LogP contribution in [0.4, 0.5) is 0 Å². The molecule has 0 radical (unpaired) electrons. The predicted octanol–water partition coefficient (Wildman–Crippen LogP) is 0.543. The molecule has 1 saturated heterocycles. The molecule has 0 spiro atoms. The molecule has 2 unspecified atom stereocenters. The molecule has 120 valence electrons. The van der Waals surface area contributed by atoms with Gasteiger partial charge < -0.3 is 20.6 Å². The highest BCUT2D eigenvalue weighted by Gasteiger charge is 2.27. The summed E-state index contributed by atoms with van der Waals surface area (Å²) in [5, 5.41) is 15.3. The van der Waals surface area contributed by atoms with Gasteiger partial charge in [-0.1, -0.05) is 12.8 Å². The van der Waals surface area contributed by atoms with E-state index in [-0.39, 0.29) is 42.9 Å². The van der Waals surface area contributed by atoms with E-state index in [4.69, 9.17) is 0 Å². The van der Waals surface area contributed by atoms with Gasteiger partial charge in [0.25, 0.3) is 0 Å². The lowest BCUT2D eigenvalue weighted by Crippen LogP contribution is -2.44. The van der Waals surface area contributed by atoms with Crippen molar-refractivity contribution in [2.24, 2.45) is 0 Å². The number of nitrogens with zero attached hydrogens (tertiary/aromatic N) is 1. The van der Waals surface area contributed by atoms with Crippen molar-refractivity contribution in [3.8, 4) is 0 Å². The second kappa shape index (κ2) is 9.79. The minimum absolute atomic E-state index is 0. The van der Waals surface area contributed by atoms with Crippen LogP contribution in [0.5, 0.6) is 0 Å². The van der Waals surface area contributed by atoms with Crippen molar-refractivity contribution >= 4 is 30.7 Å². The Labute approximate surface area is 133 Å². The van der Waals surface area contributed by atoms with E-state index in [0.717, 1.165) is 6.54 Å². The normalized spacial score (nSPS) is 26.1. The molecule has 2 atom stereocenters. The van der Waals surface area contributed by atoms with Gasteiger partial charge in [0.1, 0.15) is 0 Å².